The number of fused-ring (bicyclic) bond motifs is 1. The van der Waals surface area contributed by atoms with E-state index >= 15 is 0 Å². The monoisotopic (exact) mass is 384 g/mol. The van der Waals surface area contributed by atoms with E-state index in [0.29, 0.717) is 25.9 Å². The molecule has 1 aliphatic carbocycles. The first-order valence-electron chi connectivity index (χ1n) is 9.43. The molecule has 1 aliphatic heterocycles. The predicted octanol–water partition coefficient (Wildman–Crippen LogP) is 2.82. The number of carbonyl (C=O) groups is 1. The first-order valence-corrected chi connectivity index (χ1v) is 10.9. The maximum Gasteiger partial charge on any atom is 0.240 e. The van der Waals surface area contributed by atoms with Crippen LogP contribution in [0.4, 0.5) is 5.69 Å². The van der Waals surface area contributed by atoms with Crippen molar-refractivity contribution in [2.45, 2.75) is 37.5 Å². The molecule has 0 spiro atoms. The molecule has 1 amide bonds. The van der Waals surface area contributed by atoms with Crippen LogP contribution in [0, 0.1) is 12.8 Å². The molecular formula is C21H24N2O3S. The summed E-state index contributed by atoms with van der Waals surface area (Å²) in [5.74, 6) is 0.350. The molecule has 27 heavy (non-hydrogen) atoms. The van der Waals surface area contributed by atoms with Gasteiger partial charge in [0.1, 0.15) is 0 Å². The topological polar surface area (TPSA) is 66.5 Å². The van der Waals surface area contributed by atoms with Gasteiger partial charge in [0.2, 0.25) is 15.9 Å². The van der Waals surface area contributed by atoms with E-state index in [1.54, 1.807) is 18.2 Å². The molecule has 0 saturated heterocycles. The Hall–Kier alpha value is -2.18. The minimum atomic E-state index is -3.56. The van der Waals surface area contributed by atoms with Gasteiger partial charge < -0.3 is 4.90 Å². The van der Waals surface area contributed by atoms with E-state index in [9.17, 15) is 13.2 Å². The average molecular weight is 385 g/mol. The highest BCUT2D eigenvalue weighted by Crippen LogP contribution is 2.37. The van der Waals surface area contributed by atoms with Crippen molar-refractivity contribution in [3.63, 3.8) is 0 Å². The molecule has 142 valence electrons. The van der Waals surface area contributed by atoms with Crippen LogP contribution in [0.2, 0.25) is 0 Å². The Bertz CT molecular complexity index is 963. The van der Waals surface area contributed by atoms with Crippen molar-refractivity contribution in [2.24, 2.45) is 5.92 Å². The number of carbonyl (C=O) groups excluding carboxylic acids is 1. The quantitative estimate of drug-likeness (QED) is 0.833. The predicted molar refractivity (Wildman–Crippen MR) is 105 cm³/mol. The van der Waals surface area contributed by atoms with Crippen LogP contribution in [0.25, 0.3) is 0 Å². The van der Waals surface area contributed by atoms with Crippen LogP contribution in [-0.2, 0) is 27.7 Å². The van der Waals surface area contributed by atoms with E-state index in [1.165, 1.54) is 5.56 Å². The summed E-state index contributed by atoms with van der Waals surface area (Å²) in [6.07, 6.45) is 3.30. The van der Waals surface area contributed by atoms with Crippen molar-refractivity contribution in [2.75, 3.05) is 18.0 Å². The molecule has 4 rings (SSSR count). The summed E-state index contributed by atoms with van der Waals surface area (Å²) in [7, 11) is -3.56. The Labute approximate surface area is 160 Å². The van der Waals surface area contributed by atoms with Gasteiger partial charge in [0.05, 0.1) is 4.90 Å². The fourth-order valence-electron chi connectivity index (χ4n) is 3.49. The normalized spacial score (nSPS) is 16.4. The average Bonchev–Trinajstić information content (AvgIpc) is 3.41. The fourth-order valence-corrected chi connectivity index (χ4v) is 4.57. The zero-order valence-electron chi connectivity index (χ0n) is 15.4. The number of nitrogens with one attached hydrogen (secondary N) is 1. The Kier molecular flexibility index (Phi) is 4.78. The number of nitrogens with zero attached hydrogens (tertiary/aromatic N) is 1. The molecule has 2 aromatic carbocycles. The lowest BCUT2D eigenvalue weighted by molar-refractivity contribution is -0.119. The summed E-state index contributed by atoms with van der Waals surface area (Å²) in [4.78, 5) is 14.4. The number of anilines is 1. The summed E-state index contributed by atoms with van der Waals surface area (Å²) in [6, 6.07) is 13.2. The molecule has 5 nitrogen and oxygen atoms in total. The molecule has 1 saturated carbocycles. The molecule has 0 aromatic heterocycles. The molecule has 2 aromatic rings. The third-order valence-corrected chi connectivity index (χ3v) is 6.73. The maximum absolute atomic E-state index is 12.6. The highest BCUT2D eigenvalue weighted by atomic mass is 32.2. The lowest BCUT2D eigenvalue weighted by Crippen LogP contribution is -2.30. The number of sulfonamides is 1. The van der Waals surface area contributed by atoms with Gasteiger partial charge in [0.15, 0.2) is 0 Å². The molecule has 0 radical (unpaired) electrons. The van der Waals surface area contributed by atoms with Crippen LogP contribution in [0.3, 0.4) is 0 Å². The van der Waals surface area contributed by atoms with Gasteiger partial charge in [-0.2, -0.15) is 0 Å². The molecule has 1 N–H and O–H groups in total. The lowest BCUT2D eigenvalue weighted by atomic mass is 10.1. The smallest absolute Gasteiger partial charge is 0.240 e. The molecule has 0 unspecified atom stereocenters. The number of benzene rings is 2. The summed E-state index contributed by atoms with van der Waals surface area (Å²) >= 11 is 0. The van der Waals surface area contributed by atoms with Gasteiger partial charge in [0.25, 0.3) is 0 Å². The van der Waals surface area contributed by atoms with Gasteiger partial charge in [-0.15, -0.1) is 0 Å². The van der Waals surface area contributed by atoms with Crippen molar-refractivity contribution in [1.82, 2.24) is 4.72 Å². The molecule has 1 heterocycles. The molecule has 1 fully saturated rings. The highest BCUT2D eigenvalue weighted by molar-refractivity contribution is 7.89. The SMILES string of the molecule is Cc1ccc(CCNS(=O)(=O)c2ccc3c(c2)CCN3C(=O)C2CC2)cc1. The van der Waals surface area contributed by atoms with Crippen LogP contribution < -0.4 is 9.62 Å². The maximum atomic E-state index is 12.6. The fraction of sp³-hybridized carbons (Fsp3) is 0.381. The van der Waals surface area contributed by atoms with Crippen molar-refractivity contribution in [3.8, 4) is 0 Å². The van der Waals surface area contributed by atoms with Crippen molar-refractivity contribution in [3.05, 3.63) is 59.2 Å². The lowest BCUT2D eigenvalue weighted by Gasteiger charge is -2.17. The minimum absolute atomic E-state index is 0.169. The van der Waals surface area contributed by atoms with Crippen LogP contribution in [-0.4, -0.2) is 27.4 Å². The molecule has 0 bridgehead atoms. The van der Waals surface area contributed by atoms with Crippen LogP contribution in [0.5, 0.6) is 0 Å². The van der Waals surface area contributed by atoms with Gasteiger partial charge in [0, 0.05) is 24.7 Å². The van der Waals surface area contributed by atoms with Gasteiger partial charge >= 0.3 is 0 Å². The Balaban J connectivity index is 1.43. The standard InChI is InChI=1S/C21H24N2O3S/c1-15-2-4-16(5-3-15)10-12-22-27(25,26)19-8-9-20-18(14-19)11-13-23(20)21(24)17-6-7-17/h2-5,8-9,14,17,22H,6-7,10-13H2,1H3. The second-order valence-electron chi connectivity index (χ2n) is 7.44. The summed E-state index contributed by atoms with van der Waals surface area (Å²) in [5.41, 5.74) is 4.09. The number of hydrogen-bond donors (Lipinski definition) is 1. The summed E-state index contributed by atoms with van der Waals surface area (Å²) in [5, 5.41) is 0. The molecule has 2 aliphatic rings. The van der Waals surface area contributed by atoms with Crippen LogP contribution in [0.1, 0.15) is 29.5 Å². The third-order valence-electron chi connectivity index (χ3n) is 5.28. The van der Waals surface area contributed by atoms with Crippen molar-refractivity contribution >= 4 is 21.6 Å². The zero-order valence-corrected chi connectivity index (χ0v) is 16.3. The van der Waals surface area contributed by atoms with E-state index in [1.807, 2.05) is 36.1 Å². The van der Waals surface area contributed by atoms with Gasteiger partial charge in [-0.25, -0.2) is 13.1 Å². The Morgan fingerprint density at radius 2 is 1.89 bits per heavy atom. The van der Waals surface area contributed by atoms with E-state index in [2.05, 4.69) is 4.72 Å². The van der Waals surface area contributed by atoms with Gasteiger partial charge in [-0.05, 0) is 61.9 Å². The largest absolute Gasteiger partial charge is 0.312 e. The second-order valence-corrected chi connectivity index (χ2v) is 9.20. The van der Waals surface area contributed by atoms with E-state index in [-0.39, 0.29) is 16.7 Å². The zero-order chi connectivity index (χ0) is 19.0. The van der Waals surface area contributed by atoms with Crippen molar-refractivity contribution < 1.29 is 13.2 Å². The third kappa shape index (κ3) is 3.92. The van der Waals surface area contributed by atoms with E-state index in [0.717, 1.165) is 29.7 Å². The Morgan fingerprint density at radius 3 is 2.59 bits per heavy atom. The van der Waals surface area contributed by atoms with Crippen molar-refractivity contribution in [1.29, 1.82) is 0 Å². The molecule has 6 heteroatoms. The number of aryl methyl sites for hydroxylation is 1. The van der Waals surface area contributed by atoms with Gasteiger partial charge in [-0.3, -0.25) is 4.79 Å². The minimum Gasteiger partial charge on any atom is -0.312 e. The van der Waals surface area contributed by atoms with E-state index < -0.39 is 10.0 Å². The first-order chi connectivity index (χ1) is 12.9. The summed E-state index contributed by atoms with van der Waals surface area (Å²) in [6.45, 7) is 3.03. The van der Waals surface area contributed by atoms with E-state index in [4.69, 9.17) is 0 Å². The number of hydrogen-bond acceptors (Lipinski definition) is 3. The highest BCUT2D eigenvalue weighted by Gasteiger charge is 2.36. The Morgan fingerprint density at radius 1 is 1.15 bits per heavy atom. The number of amides is 1. The van der Waals surface area contributed by atoms with Crippen LogP contribution >= 0.6 is 0 Å². The summed E-state index contributed by atoms with van der Waals surface area (Å²) < 4.78 is 27.9. The first kappa shape index (κ1) is 18.2. The number of rotatable bonds is 6. The van der Waals surface area contributed by atoms with Gasteiger partial charge in [-0.1, -0.05) is 29.8 Å². The molecule has 0 atom stereocenters. The van der Waals surface area contributed by atoms with Crippen LogP contribution in [0.15, 0.2) is 47.4 Å². The molecular weight excluding hydrogens is 360 g/mol. The second kappa shape index (κ2) is 7.09.